The summed E-state index contributed by atoms with van der Waals surface area (Å²) >= 11 is 1.47. The van der Waals surface area contributed by atoms with Gasteiger partial charge in [0, 0.05) is 5.41 Å². The van der Waals surface area contributed by atoms with Crippen molar-refractivity contribution in [3.63, 3.8) is 0 Å². The summed E-state index contributed by atoms with van der Waals surface area (Å²) in [7, 11) is 0. The van der Waals surface area contributed by atoms with Gasteiger partial charge in [-0.25, -0.2) is 24.0 Å². The molecule has 1 N–H and O–H groups in total. The van der Waals surface area contributed by atoms with Crippen molar-refractivity contribution < 1.29 is 9.18 Å². The highest BCUT2D eigenvalue weighted by atomic mass is 32.1. The number of rotatable bonds is 4. The Morgan fingerprint density at radius 3 is 2.40 bits per heavy atom. The van der Waals surface area contributed by atoms with Crippen LogP contribution in [0.15, 0.2) is 54.2 Å². The van der Waals surface area contributed by atoms with E-state index >= 15 is 0 Å². The van der Waals surface area contributed by atoms with Crippen molar-refractivity contribution in [3.8, 4) is 16.4 Å². The molecule has 9 heteroatoms. The van der Waals surface area contributed by atoms with Gasteiger partial charge in [-0.2, -0.15) is 0 Å². The van der Waals surface area contributed by atoms with E-state index in [0.717, 1.165) is 4.88 Å². The number of hydrogen-bond acceptors (Lipinski definition) is 6. The van der Waals surface area contributed by atoms with Gasteiger partial charge in [0.1, 0.15) is 11.6 Å². The van der Waals surface area contributed by atoms with Gasteiger partial charge >= 0.3 is 0 Å². The highest BCUT2D eigenvalue weighted by molar-refractivity contribution is 7.13. The van der Waals surface area contributed by atoms with E-state index in [0.29, 0.717) is 23.0 Å². The number of carbonyl (C=O) groups is 1. The summed E-state index contributed by atoms with van der Waals surface area (Å²) in [6, 6.07) is 9.61. The second-order valence-electron chi connectivity index (χ2n) is 7.62. The zero-order valence-electron chi connectivity index (χ0n) is 16.6. The number of amides is 1. The first kappa shape index (κ1) is 19.8. The SMILES string of the molecule is CC(C)(C)c1ncc(NC(=O)c2nc(-c3cccs3)n(-c3ccc(F)cc3)n2)cn1. The number of nitrogens with zero attached hydrogens (tertiary/aromatic N) is 5. The molecule has 0 aliphatic rings. The van der Waals surface area contributed by atoms with Crippen LogP contribution in [0.2, 0.25) is 0 Å². The number of nitrogens with one attached hydrogen (secondary N) is 1. The monoisotopic (exact) mass is 422 g/mol. The molecule has 1 aromatic carbocycles. The number of thiophene rings is 1. The molecule has 0 atom stereocenters. The number of carbonyl (C=O) groups excluding carboxylic acids is 1. The number of anilines is 1. The van der Waals surface area contributed by atoms with Crippen LogP contribution in [0.1, 0.15) is 37.2 Å². The van der Waals surface area contributed by atoms with E-state index in [4.69, 9.17) is 0 Å². The first-order chi connectivity index (χ1) is 14.3. The van der Waals surface area contributed by atoms with Crippen LogP contribution in [0.4, 0.5) is 10.1 Å². The summed E-state index contributed by atoms with van der Waals surface area (Å²) in [6.07, 6.45) is 3.12. The number of aromatic nitrogens is 5. The maximum atomic E-state index is 13.3. The number of hydrogen-bond donors (Lipinski definition) is 1. The van der Waals surface area contributed by atoms with Crippen LogP contribution in [0.5, 0.6) is 0 Å². The van der Waals surface area contributed by atoms with Crippen LogP contribution >= 0.6 is 11.3 Å². The van der Waals surface area contributed by atoms with E-state index < -0.39 is 5.91 Å². The molecule has 4 aromatic rings. The van der Waals surface area contributed by atoms with Gasteiger partial charge in [-0.1, -0.05) is 26.8 Å². The molecule has 30 heavy (non-hydrogen) atoms. The normalized spacial score (nSPS) is 11.5. The van der Waals surface area contributed by atoms with Gasteiger partial charge in [0.05, 0.1) is 28.6 Å². The molecule has 0 bridgehead atoms. The van der Waals surface area contributed by atoms with E-state index in [1.54, 1.807) is 24.5 Å². The topological polar surface area (TPSA) is 85.6 Å². The predicted octanol–water partition coefficient (Wildman–Crippen LogP) is 4.47. The maximum absolute atomic E-state index is 13.3. The molecule has 0 fully saturated rings. The van der Waals surface area contributed by atoms with Crippen LogP contribution < -0.4 is 5.32 Å². The molecule has 0 spiro atoms. The van der Waals surface area contributed by atoms with E-state index in [1.165, 1.54) is 28.2 Å². The first-order valence-electron chi connectivity index (χ1n) is 9.22. The molecular formula is C21H19FN6OS. The third-order valence-corrected chi connectivity index (χ3v) is 5.07. The highest BCUT2D eigenvalue weighted by Crippen LogP contribution is 2.26. The summed E-state index contributed by atoms with van der Waals surface area (Å²) in [5, 5.41) is 8.99. The molecule has 3 heterocycles. The zero-order chi connectivity index (χ0) is 21.3. The lowest BCUT2D eigenvalue weighted by Crippen LogP contribution is -2.18. The molecule has 7 nitrogen and oxygen atoms in total. The van der Waals surface area contributed by atoms with Gasteiger partial charge in [0.25, 0.3) is 5.91 Å². The highest BCUT2D eigenvalue weighted by Gasteiger charge is 2.21. The quantitative estimate of drug-likeness (QED) is 0.524. The lowest BCUT2D eigenvalue weighted by atomic mass is 9.96. The Morgan fingerprint density at radius 1 is 1.10 bits per heavy atom. The summed E-state index contributed by atoms with van der Waals surface area (Å²) in [6.45, 7) is 6.04. The van der Waals surface area contributed by atoms with Crippen LogP contribution in [0.25, 0.3) is 16.4 Å². The van der Waals surface area contributed by atoms with E-state index in [2.05, 4.69) is 25.4 Å². The third kappa shape index (κ3) is 4.11. The minimum atomic E-state index is -0.485. The van der Waals surface area contributed by atoms with Gasteiger partial charge in [-0.3, -0.25) is 4.79 Å². The summed E-state index contributed by atoms with van der Waals surface area (Å²) in [5.41, 5.74) is 0.862. The fourth-order valence-corrected chi connectivity index (χ4v) is 3.40. The summed E-state index contributed by atoms with van der Waals surface area (Å²) < 4.78 is 14.9. The van der Waals surface area contributed by atoms with Crippen LogP contribution in [-0.2, 0) is 5.41 Å². The smallest absolute Gasteiger partial charge is 0.295 e. The largest absolute Gasteiger partial charge is 0.317 e. The first-order valence-corrected chi connectivity index (χ1v) is 10.1. The van der Waals surface area contributed by atoms with Gasteiger partial charge in [-0.05, 0) is 35.7 Å². The van der Waals surface area contributed by atoms with Crippen LogP contribution in [0, 0.1) is 5.82 Å². The number of halogens is 1. The summed E-state index contributed by atoms with van der Waals surface area (Å²) in [5.74, 6) is 0.330. The van der Waals surface area contributed by atoms with E-state index in [-0.39, 0.29) is 17.1 Å². The van der Waals surface area contributed by atoms with Crippen molar-refractivity contribution in [1.82, 2.24) is 24.7 Å². The Bertz CT molecular complexity index is 1160. The molecule has 0 unspecified atom stereocenters. The van der Waals surface area contributed by atoms with Crippen molar-refractivity contribution in [2.24, 2.45) is 0 Å². The van der Waals surface area contributed by atoms with Gasteiger partial charge in [0.15, 0.2) is 5.82 Å². The third-order valence-electron chi connectivity index (χ3n) is 4.20. The Hall–Kier alpha value is -3.46. The molecule has 0 saturated heterocycles. The van der Waals surface area contributed by atoms with Crippen molar-refractivity contribution >= 4 is 22.9 Å². The molecule has 4 rings (SSSR count). The van der Waals surface area contributed by atoms with Crippen molar-refractivity contribution in [1.29, 1.82) is 0 Å². The lowest BCUT2D eigenvalue weighted by molar-refractivity contribution is 0.101. The van der Waals surface area contributed by atoms with Crippen molar-refractivity contribution in [2.45, 2.75) is 26.2 Å². The fourth-order valence-electron chi connectivity index (χ4n) is 2.70. The van der Waals surface area contributed by atoms with Crippen molar-refractivity contribution in [2.75, 3.05) is 5.32 Å². The lowest BCUT2D eigenvalue weighted by Gasteiger charge is -2.16. The Morgan fingerprint density at radius 2 is 1.80 bits per heavy atom. The van der Waals surface area contributed by atoms with Gasteiger partial charge in [0.2, 0.25) is 5.82 Å². The Labute approximate surface area is 176 Å². The molecular weight excluding hydrogens is 403 g/mol. The standard InChI is InChI=1S/C21H19FN6OS/c1-21(2,3)20-23-11-14(12-24-20)25-19(29)17-26-18(16-5-4-10-30-16)28(27-17)15-8-6-13(22)7-9-15/h4-12H,1-3H3,(H,25,29). The molecule has 3 aromatic heterocycles. The minimum Gasteiger partial charge on any atom is -0.317 e. The second-order valence-corrected chi connectivity index (χ2v) is 8.57. The Balaban J connectivity index is 1.65. The van der Waals surface area contributed by atoms with Crippen LogP contribution in [0.3, 0.4) is 0 Å². The van der Waals surface area contributed by atoms with E-state index in [9.17, 15) is 9.18 Å². The fraction of sp³-hybridized carbons (Fsp3) is 0.190. The van der Waals surface area contributed by atoms with Gasteiger partial charge in [-0.15, -0.1) is 16.4 Å². The molecule has 1 amide bonds. The summed E-state index contributed by atoms with van der Waals surface area (Å²) in [4.78, 5) is 26.6. The van der Waals surface area contributed by atoms with Crippen molar-refractivity contribution in [3.05, 3.63) is 71.6 Å². The average molecular weight is 422 g/mol. The molecule has 0 aliphatic heterocycles. The van der Waals surface area contributed by atoms with Crippen LogP contribution in [-0.4, -0.2) is 30.6 Å². The minimum absolute atomic E-state index is 0.0115. The Kier molecular flexibility index (Phi) is 5.13. The maximum Gasteiger partial charge on any atom is 0.295 e. The average Bonchev–Trinajstić information content (AvgIpc) is 3.38. The zero-order valence-corrected chi connectivity index (χ0v) is 17.4. The predicted molar refractivity (Wildman–Crippen MR) is 113 cm³/mol. The molecule has 0 aliphatic carbocycles. The van der Waals surface area contributed by atoms with E-state index in [1.807, 2.05) is 38.3 Å². The molecule has 152 valence electrons. The molecule has 0 radical (unpaired) electrons. The van der Waals surface area contributed by atoms with Gasteiger partial charge < -0.3 is 5.32 Å². The molecule has 0 saturated carbocycles. The second kappa shape index (κ2) is 7.75. The number of benzene rings is 1.